The Kier molecular flexibility index (Phi) is 11.3. The highest BCUT2D eigenvalue weighted by Gasteiger charge is 2.35. The second-order valence-corrected chi connectivity index (χ2v) is 12.3. The molecule has 3 aromatic carbocycles. The van der Waals surface area contributed by atoms with E-state index in [2.05, 4.69) is 5.32 Å². The van der Waals surface area contributed by atoms with Crippen molar-refractivity contribution in [3.8, 4) is 0 Å². The molecule has 3 aromatic rings. The Labute approximate surface area is 251 Å². The molecule has 0 heterocycles. The molecule has 0 aliphatic carbocycles. The van der Waals surface area contributed by atoms with Gasteiger partial charge in [-0.3, -0.25) is 13.9 Å². The standard InChI is InChI=1S/C29H32Cl3N3O4S/c1-4-20(3)33-29(37)25(5-2)34(18-21-12-9-10-15-23(21)30)27(36)19-35(26-17-11-16-24(31)28(26)32)40(38,39)22-13-7-6-8-14-22/h6-17,20,25H,4-5,18-19H2,1-3H3,(H,33,37)/t20-,25+/m0/s1. The number of amides is 2. The molecule has 2 amide bonds. The summed E-state index contributed by atoms with van der Waals surface area (Å²) in [6, 6.07) is 18.3. The van der Waals surface area contributed by atoms with Crippen LogP contribution in [0.25, 0.3) is 0 Å². The molecule has 214 valence electrons. The van der Waals surface area contributed by atoms with E-state index in [9.17, 15) is 18.0 Å². The van der Waals surface area contributed by atoms with Gasteiger partial charge in [-0.05, 0) is 55.7 Å². The molecule has 40 heavy (non-hydrogen) atoms. The topological polar surface area (TPSA) is 86.8 Å². The monoisotopic (exact) mass is 623 g/mol. The quantitative estimate of drug-likeness (QED) is 0.247. The molecule has 0 saturated carbocycles. The van der Waals surface area contributed by atoms with Crippen LogP contribution in [0.3, 0.4) is 0 Å². The van der Waals surface area contributed by atoms with Crippen molar-refractivity contribution in [3.63, 3.8) is 0 Å². The van der Waals surface area contributed by atoms with Crippen LogP contribution in [0.5, 0.6) is 0 Å². The van der Waals surface area contributed by atoms with Crippen molar-refractivity contribution in [2.75, 3.05) is 10.8 Å². The maximum atomic E-state index is 14.1. The highest BCUT2D eigenvalue weighted by atomic mass is 35.5. The van der Waals surface area contributed by atoms with Crippen molar-refractivity contribution < 1.29 is 18.0 Å². The van der Waals surface area contributed by atoms with Crippen LogP contribution >= 0.6 is 34.8 Å². The molecule has 1 N–H and O–H groups in total. The molecule has 0 spiro atoms. The fourth-order valence-electron chi connectivity index (χ4n) is 4.09. The zero-order chi connectivity index (χ0) is 29.4. The summed E-state index contributed by atoms with van der Waals surface area (Å²) in [4.78, 5) is 28.8. The summed E-state index contributed by atoms with van der Waals surface area (Å²) in [5.41, 5.74) is 0.659. The van der Waals surface area contributed by atoms with E-state index >= 15 is 0 Å². The predicted molar refractivity (Wildman–Crippen MR) is 161 cm³/mol. The van der Waals surface area contributed by atoms with Crippen LogP contribution in [0.4, 0.5) is 5.69 Å². The van der Waals surface area contributed by atoms with Gasteiger partial charge in [0.15, 0.2) is 0 Å². The van der Waals surface area contributed by atoms with Crippen LogP contribution in [0.2, 0.25) is 15.1 Å². The normalized spacial score (nSPS) is 12.8. The number of carbonyl (C=O) groups excluding carboxylic acids is 2. The molecule has 2 atom stereocenters. The summed E-state index contributed by atoms with van der Waals surface area (Å²) < 4.78 is 28.7. The molecule has 0 saturated heterocycles. The van der Waals surface area contributed by atoms with Gasteiger partial charge in [0.05, 0.1) is 20.6 Å². The number of sulfonamides is 1. The number of rotatable bonds is 12. The highest BCUT2D eigenvalue weighted by molar-refractivity contribution is 7.92. The number of nitrogens with one attached hydrogen (secondary N) is 1. The lowest BCUT2D eigenvalue weighted by Gasteiger charge is -2.34. The summed E-state index contributed by atoms with van der Waals surface area (Å²) in [5, 5.41) is 3.47. The van der Waals surface area contributed by atoms with Crippen LogP contribution in [0.1, 0.15) is 39.2 Å². The average molecular weight is 625 g/mol. The van der Waals surface area contributed by atoms with E-state index in [1.807, 2.05) is 13.8 Å². The lowest BCUT2D eigenvalue weighted by Crippen LogP contribution is -2.53. The lowest BCUT2D eigenvalue weighted by atomic mass is 10.1. The maximum Gasteiger partial charge on any atom is 0.264 e. The molecule has 0 unspecified atom stereocenters. The maximum absolute atomic E-state index is 14.1. The predicted octanol–water partition coefficient (Wildman–Crippen LogP) is 6.56. The second kappa shape index (κ2) is 14.2. The molecule has 11 heteroatoms. The Hall–Kier alpha value is -2.78. The van der Waals surface area contributed by atoms with Crippen molar-refractivity contribution in [2.24, 2.45) is 0 Å². The van der Waals surface area contributed by atoms with Crippen LogP contribution in [-0.2, 0) is 26.2 Å². The average Bonchev–Trinajstić information content (AvgIpc) is 2.94. The van der Waals surface area contributed by atoms with Crippen LogP contribution < -0.4 is 9.62 Å². The summed E-state index contributed by atoms with van der Waals surface area (Å²) in [5.74, 6) is -0.947. The number of halogens is 3. The molecular formula is C29H32Cl3N3O4S. The van der Waals surface area contributed by atoms with E-state index in [1.54, 1.807) is 55.5 Å². The Morgan fingerprint density at radius 2 is 1.48 bits per heavy atom. The second-order valence-electron chi connectivity index (χ2n) is 9.25. The van der Waals surface area contributed by atoms with Crippen LogP contribution in [0.15, 0.2) is 77.7 Å². The molecule has 3 rings (SSSR count). The fourth-order valence-corrected chi connectivity index (χ4v) is 6.18. The van der Waals surface area contributed by atoms with E-state index in [4.69, 9.17) is 34.8 Å². The Morgan fingerprint density at radius 1 is 0.850 bits per heavy atom. The Morgan fingerprint density at radius 3 is 2.10 bits per heavy atom. The van der Waals surface area contributed by atoms with Crippen LogP contribution in [-0.4, -0.2) is 43.8 Å². The smallest absolute Gasteiger partial charge is 0.264 e. The SMILES string of the molecule is CC[C@H](C(=O)N[C@@H](C)CC)N(Cc1ccccc1Cl)C(=O)CN(c1cccc(Cl)c1Cl)S(=O)(=O)c1ccccc1. The fraction of sp³-hybridized carbons (Fsp3) is 0.310. The first-order chi connectivity index (χ1) is 19.0. The van der Waals surface area contributed by atoms with Crippen molar-refractivity contribution in [2.45, 2.75) is 57.1 Å². The first-order valence-corrected chi connectivity index (χ1v) is 15.4. The highest BCUT2D eigenvalue weighted by Crippen LogP contribution is 2.35. The van der Waals surface area contributed by atoms with E-state index < -0.39 is 28.5 Å². The van der Waals surface area contributed by atoms with Gasteiger partial charge < -0.3 is 10.2 Å². The number of benzene rings is 3. The molecule has 0 aliphatic heterocycles. The number of hydrogen-bond acceptors (Lipinski definition) is 4. The van der Waals surface area contributed by atoms with Gasteiger partial charge in [0.2, 0.25) is 11.8 Å². The Bertz CT molecular complexity index is 1440. The minimum absolute atomic E-state index is 0.00651. The van der Waals surface area contributed by atoms with Gasteiger partial charge in [-0.1, -0.05) is 91.1 Å². The lowest BCUT2D eigenvalue weighted by molar-refractivity contribution is -0.140. The molecule has 0 aliphatic rings. The third kappa shape index (κ3) is 7.49. The van der Waals surface area contributed by atoms with Gasteiger partial charge in [-0.2, -0.15) is 0 Å². The van der Waals surface area contributed by atoms with Gasteiger partial charge in [0.1, 0.15) is 12.6 Å². The molecular weight excluding hydrogens is 593 g/mol. The van der Waals surface area contributed by atoms with E-state index in [0.29, 0.717) is 23.4 Å². The first kappa shape index (κ1) is 31.7. The van der Waals surface area contributed by atoms with Gasteiger partial charge in [0.25, 0.3) is 10.0 Å². The van der Waals surface area contributed by atoms with Crippen molar-refractivity contribution in [1.82, 2.24) is 10.2 Å². The third-order valence-electron chi connectivity index (χ3n) is 6.50. The third-order valence-corrected chi connectivity index (χ3v) is 9.45. The van der Waals surface area contributed by atoms with E-state index in [1.165, 1.54) is 29.2 Å². The molecule has 0 fully saturated rings. The Balaban J connectivity index is 2.10. The van der Waals surface area contributed by atoms with Crippen LogP contribution in [0, 0.1) is 0 Å². The molecule has 7 nitrogen and oxygen atoms in total. The molecule has 0 radical (unpaired) electrons. The minimum atomic E-state index is -4.26. The number of anilines is 1. The van der Waals surface area contributed by atoms with Crippen molar-refractivity contribution >= 4 is 62.3 Å². The van der Waals surface area contributed by atoms with E-state index in [-0.39, 0.29) is 39.1 Å². The van der Waals surface area contributed by atoms with E-state index in [0.717, 1.165) is 4.31 Å². The van der Waals surface area contributed by atoms with Gasteiger partial charge in [-0.15, -0.1) is 0 Å². The molecule has 0 aromatic heterocycles. The summed E-state index contributed by atoms with van der Waals surface area (Å²) >= 11 is 19.1. The zero-order valence-electron chi connectivity index (χ0n) is 22.5. The van der Waals surface area contributed by atoms with Gasteiger partial charge >= 0.3 is 0 Å². The first-order valence-electron chi connectivity index (χ1n) is 12.9. The zero-order valence-corrected chi connectivity index (χ0v) is 25.6. The number of carbonyl (C=O) groups is 2. The van der Waals surface area contributed by atoms with Crippen molar-refractivity contribution in [3.05, 3.63) is 93.4 Å². The van der Waals surface area contributed by atoms with Gasteiger partial charge in [-0.25, -0.2) is 8.42 Å². The van der Waals surface area contributed by atoms with Crippen molar-refractivity contribution in [1.29, 1.82) is 0 Å². The largest absolute Gasteiger partial charge is 0.352 e. The summed E-state index contributed by atoms with van der Waals surface area (Å²) in [6.07, 6.45) is 0.999. The minimum Gasteiger partial charge on any atom is -0.352 e. The summed E-state index contributed by atoms with van der Waals surface area (Å²) in [7, 11) is -4.26. The number of nitrogens with zero attached hydrogens (tertiary/aromatic N) is 2. The summed E-state index contributed by atoms with van der Waals surface area (Å²) in [6.45, 7) is 4.97. The molecule has 0 bridgehead atoms. The van der Waals surface area contributed by atoms with Gasteiger partial charge in [0, 0.05) is 17.6 Å². The number of hydrogen-bond donors (Lipinski definition) is 1.